The number of ether oxygens (including phenoxy) is 1. The number of methoxy groups -OCH3 is 1. The van der Waals surface area contributed by atoms with Gasteiger partial charge in [-0.2, -0.15) is 0 Å². The molecule has 1 aliphatic heterocycles. The van der Waals surface area contributed by atoms with Gasteiger partial charge in [0.05, 0.1) is 18.4 Å². The van der Waals surface area contributed by atoms with E-state index in [9.17, 15) is 9.59 Å². The maximum absolute atomic E-state index is 12.4. The third-order valence-corrected chi connectivity index (χ3v) is 6.36. The van der Waals surface area contributed by atoms with Gasteiger partial charge in [-0.25, -0.2) is 9.78 Å². The molecule has 0 bridgehead atoms. The summed E-state index contributed by atoms with van der Waals surface area (Å²) in [5, 5.41) is 1.96. The second-order valence-electron chi connectivity index (χ2n) is 7.38. The average Bonchev–Trinajstić information content (AvgIpc) is 3.10. The molecule has 2 aromatic heterocycles. The summed E-state index contributed by atoms with van der Waals surface area (Å²) in [7, 11) is 1.39. The molecule has 8 heteroatoms. The number of thiazole rings is 1. The van der Waals surface area contributed by atoms with Crippen LogP contribution in [-0.4, -0.2) is 53.0 Å². The normalized spacial score (nSPS) is 17.6. The van der Waals surface area contributed by atoms with Crippen LogP contribution >= 0.6 is 11.3 Å². The number of aryl methyl sites for hydroxylation is 1. The second kappa shape index (κ2) is 7.96. The van der Waals surface area contributed by atoms with Crippen molar-refractivity contribution in [3.8, 4) is 0 Å². The molecule has 1 saturated heterocycles. The van der Waals surface area contributed by atoms with E-state index in [4.69, 9.17) is 4.74 Å². The summed E-state index contributed by atoms with van der Waals surface area (Å²) in [6.07, 6.45) is 0. The van der Waals surface area contributed by atoms with Crippen LogP contribution < -0.4 is 10.5 Å². The number of hydrogen-bond donors (Lipinski definition) is 0. The van der Waals surface area contributed by atoms with Gasteiger partial charge in [0.15, 0.2) is 4.96 Å². The Hall–Kier alpha value is -2.71. The number of rotatable bonds is 4. The summed E-state index contributed by atoms with van der Waals surface area (Å²) >= 11 is 1.50. The summed E-state index contributed by atoms with van der Waals surface area (Å²) in [5.74, 6) is -0.323. The lowest BCUT2D eigenvalue weighted by molar-refractivity contribution is 0.0600. The Morgan fingerprint density at radius 3 is 2.72 bits per heavy atom. The first kappa shape index (κ1) is 19.6. The Balaban J connectivity index is 1.44. The van der Waals surface area contributed by atoms with E-state index in [1.54, 1.807) is 22.6 Å². The van der Waals surface area contributed by atoms with E-state index in [1.807, 2.05) is 24.4 Å². The highest BCUT2D eigenvalue weighted by molar-refractivity contribution is 7.15. The van der Waals surface area contributed by atoms with Crippen molar-refractivity contribution in [1.29, 1.82) is 0 Å². The Morgan fingerprint density at radius 2 is 2.03 bits per heavy atom. The van der Waals surface area contributed by atoms with Gasteiger partial charge >= 0.3 is 5.97 Å². The fourth-order valence-corrected chi connectivity index (χ4v) is 4.67. The molecule has 1 unspecified atom stereocenters. The van der Waals surface area contributed by atoms with Crippen molar-refractivity contribution in [3.63, 3.8) is 0 Å². The average molecular weight is 413 g/mol. The van der Waals surface area contributed by atoms with Gasteiger partial charge in [-0.1, -0.05) is 0 Å². The van der Waals surface area contributed by atoms with E-state index in [-0.39, 0.29) is 11.5 Å². The van der Waals surface area contributed by atoms with Crippen molar-refractivity contribution < 1.29 is 9.53 Å². The minimum absolute atomic E-state index is 0.0132. The third kappa shape index (κ3) is 3.90. The minimum Gasteiger partial charge on any atom is -0.465 e. The molecule has 1 fully saturated rings. The van der Waals surface area contributed by atoms with E-state index in [2.05, 4.69) is 21.7 Å². The number of piperazine rings is 1. The van der Waals surface area contributed by atoms with Crippen LogP contribution in [-0.2, 0) is 11.3 Å². The van der Waals surface area contributed by atoms with Crippen LogP contribution in [0.15, 0.2) is 40.5 Å². The molecule has 4 rings (SSSR count). The van der Waals surface area contributed by atoms with Crippen LogP contribution in [0.1, 0.15) is 28.7 Å². The minimum atomic E-state index is -0.323. The van der Waals surface area contributed by atoms with Crippen LogP contribution in [0.25, 0.3) is 4.96 Å². The van der Waals surface area contributed by atoms with Crippen LogP contribution in [0, 0.1) is 6.92 Å². The number of hydrogen-bond acceptors (Lipinski definition) is 7. The maximum Gasteiger partial charge on any atom is 0.337 e. The number of nitrogens with zero attached hydrogens (tertiary/aromatic N) is 4. The lowest BCUT2D eigenvalue weighted by Crippen LogP contribution is -2.51. The number of fused-ring (bicyclic) bond motifs is 1. The van der Waals surface area contributed by atoms with Crippen molar-refractivity contribution in [2.45, 2.75) is 26.4 Å². The van der Waals surface area contributed by atoms with E-state index >= 15 is 0 Å². The van der Waals surface area contributed by atoms with Crippen LogP contribution in [0.3, 0.4) is 0 Å². The highest BCUT2D eigenvalue weighted by atomic mass is 32.1. The van der Waals surface area contributed by atoms with Gasteiger partial charge in [0.2, 0.25) is 0 Å². The van der Waals surface area contributed by atoms with Gasteiger partial charge in [-0.3, -0.25) is 14.1 Å². The number of carbonyl (C=O) groups is 1. The van der Waals surface area contributed by atoms with E-state index < -0.39 is 0 Å². The zero-order chi connectivity index (χ0) is 20.5. The predicted octanol–water partition coefficient (Wildman–Crippen LogP) is 2.56. The fraction of sp³-hybridized carbons (Fsp3) is 0.381. The smallest absolute Gasteiger partial charge is 0.337 e. The van der Waals surface area contributed by atoms with E-state index in [1.165, 1.54) is 18.4 Å². The highest BCUT2D eigenvalue weighted by Gasteiger charge is 2.25. The number of aromatic nitrogens is 2. The Morgan fingerprint density at radius 1 is 1.28 bits per heavy atom. The Labute approximate surface area is 173 Å². The molecule has 1 atom stereocenters. The summed E-state index contributed by atoms with van der Waals surface area (Å²) in [5.41, 5.74) is 3.38. The predicted molar refractivity (Wildman–Crippen MR) is 114 cm³/mol. The molecule has 0 radical (unpaired) electrons. The maximum atomic E-state index is 12.4. The summed E-state index contributed by atoms with van der Waals surface area (Å²) in [6, 6.07) is 9.49. The first-order valence-corrected chi connectivity index (χ1v) is 10.5. The number of esters is 1. The summed E-state index contributed by atoms with van der Waals surface area (Å²) in [4.78, 5) is 34.1. The van der Waals surface area contributed by atoms with Gasteiger partial charge in [0, 0.05) is 55.0 Å². The van der Waals surface area contributed by atoms with Crippen molar-refractivity contribution >= 4 is 28.0 Å². The topological polar surface area (TPSA) is 67.2 Å². The van der Waals surface area contributed by atoms with Crippen molar-refractivity contribution in [2.24, 2.45) is 0 Å². The van der Waals surface area contributed by atoms with Crippen molar-refractivity contribution in [2.75, 3.05) is 31.6 Å². The molecule has 152 valence electrons. The van der Waals surface area contributed by atoms with Crippen molar-refractivity contribution in [1.82, 2.24) is 14.3 Å². The molecule has 0 aliphatic carbocycles. The summed E-state index contributed by atoms with van der Waals surface area (Å²) < 4.78 is 6.42. The SMILES string of the molecule is COC(=O)c1ccc(N2CCN(Cc3cc(=O)n4c(C)csc4n3)C(C)C2)cc1. The quantitative estimate of drug-likeness (QED) is 0.614. The molecule has 0 saturated carbocycles. The second-order valence-corrected chi connectivity index (χ2v) is 8.22. The molecule has 3 aromatic rings. The van der Waals surface area contributed by atoms with E-state index in [0.29, 0.717) is 18.2 Å². The Kier molecular flexibility index (Phi) is 5.38. The van der Waals surface area contributed by atoms with Crippen LogP contribution in [0.4, 0.5) is 5.69 Å². The van der Waals surface area contributed by atoms with Gasteiger partial charge in [0.25, 0.3) is 5.56 Å². The van der Waals surface area contributed by atoms with Gasteiger partial charge in [0.1, 0.15) is 0 Å². The molecule has 7 nitrogen and oxygen atoms in total. The van der Waals surface area contributed by atoms with Crippen LogP contribution in [0.2, 0.25) is 0 Å². The molecule has 1 aromatic carbocycles. The molecule has 0 amide bonds. The highest BCUT2D eigenvalue weighted by Crippen LogP contribution is 2.21. The zero-order valence-electron chi connectivity index (χ0n) is 16.8. The number of anilines is 1. The molecular weight excluding hydrogens is 388 g/mol. The monoisotopic (exact) mass is 412 g/mol. The van der Waals surface area contributed by atoms with Crippen molar-refractivity contribution in [3.05, 3.63) is 63.0 Å². The summed E-state index contributed by atoms with van der Waals surface area (Å²) in [6.45, 7) is 7.41. The lowest BCUT2D eigenvalue weighted by atomic mass is 10.1. The first-order valence-electron chi connectivity index (χ1n) is 9.60. The molecule has 0 N–H and O–H groups in total. The molecular formula is C21H24N4O3S. The molecule has 1 aliphatic rings. The molecule has 29 heavy (non-hydrogen) atoms. The fourth-order valence-electron chi connectivity index (χ4n) is 3.78. The van der Waals surface area contributed by atoms with Gasteiger partial charge < -0.3 is 9.64 Å². The number of benzene rings is 1. The third-order valence-electron chi connectivity index (χ3n) is 5.41. The van der Waals surface area contributed by atoms with Gasteiger partial charge in [-0.05, 0) is 38.1 Å². The van der Waals surface area contributed by atoms with Gasteiger partial charge in [-0.15, -0.1) is 11.3 Å². The molecule has 3 heterocycles. The molecule has 0 spiro atoms. The number of carbonyl (C=O) groups excluding carboxylic acids is 1. The largest absolute Gasteiger partial charge is 0.465 e. The van der Waals surface area contributed by atoms with Crippen LogP contribution in [0.5, 0.6) is 0 Å². The zero-order valence-corrected chi connectivity index (χ0v) is 17.6. The lowest BCUT2D eigenvalue weighted by Gasteiger charge is -2.40. The van der Waals surface area contributed by atoms with E-state index in [0.717, 1.165) is 41.7 Å². The Bertz CT molecular complexity index is 1090. The first-order chi connectivity index (χ1) is 14.0. The standard InChI is InChI=1S/C21H24N4O3S/c1-14-11-24(18-6-4-16(5-7-18)20(27)28-3)9-8-23(14)12-17-10-19(26)25-15(2)13-29-21(25)22-17/h4-7,10,13-14H,8-9,11-12H2,1-3H3.